The molecule has 0 spiro atoms. The van der Waals surface area contributed by atoms with Gasteiger partial charge in [0.15, 0.2) is 0 Å². The van der Waals surface area contributed by atoms with Gasteiger partial charge >= 0.3 is 0 Å². The molecule has 1 aliphatic carbocycles. The molecule has 0 amide bonds. The van der Waals surface area contributed by atoms with Crippen LogP contribution in [0.15, 0.2) is 4.99 Å². The maximum absolute atomic E-state index is 5.48. The minimum absolute atomic E-state index is 0.644. The van der Waals surface area contributed by atoms with Crippen LogP contribution in [-0.2, 0) is 0 Å². The second kappa shape index (κ2) is 5.20. The molecule has 4 nitrogen and oxygen atoms in total. The van der Waals surface area contributed by atoms with Gasteiger partial charge < -0.3 is 4.90 Å². The smallest absolute Gasteiger partial charge is 0.208 e. The SMILES string of the molecule is CCN=C(NN)N(CC(C)C)C1CC1. The molecule has 0 aromatic heterocycles. The summed E-state index contributed by atoms with van der Waals surface area (Å²) >= 11 is 0. The molecule has 0 unspecified atom stereocenters. The first-order valence-electron chi connectivity index (χ1n) is 5.46. The van der Waals surface area contributed by atoms with Gasteiger partial charge in [-0.2, -0.15) is 0 Å². The van der Waals surface area contributed by atoms with Crippen LogP contribution in [0.25, 0.3) is 0 Å². The third-order valence-electron chi connectivity index (χ3n) is 2.26. The van der Waals surface area contributed by atoms with Crippen LogP contribution in [-0.4, -0.2) is 30.0 Å². The lowest BCUT2D eigenvalue weighted by molar-refractivity contribution is 0.345. The molecule has 82 valence electrons. The molecule has 0 atom stereocenters. The third kappa shape index (κ3) is 3.18. The molecule has 0 aromatic carbocycles. The van der Waals surface area contributed by atoms with Gasteiger partial charge in [-0.15, -0.1) is 0 Å². The molecule has 0 heterocycles. The highest BCUT2D eigenvalue weighted by molar-refractivity contribution is 5.80. The zero-order valence-electron chi connectivity index (χ0n) is 9.45. The predicted octanol–water partition coefficient (Wildman–Crippen LogP) is 0.946. The Balaban J connectivity index is 2.59. The highest BCUT2D eigenvalue weighted by Gasteiger charge is 2.31. The lowest BCUT2D eigenvalue weighted by Gasteiger charge is -2.27. The van der Waals surface area contributed by atoms with E-state index in [-0.39, 0.29) is 0 Å². The van der Waals surface area contributed by atoms with Crippen LogP contribution in [0, 0.1) is 5.92 Å². The van der Waals surface area contributed by atoms with E-state index in [1.54, 1.807) is 0 Å². The van der Waals surface area contributed by atoms with E-state index in [1.165, 1.54) is 12.8 Å². The molecule has 0 aliphatic heterocycles. The van der Waals surface area contributed by atoms with E-state index in [0.717, 1.165) is 19.0 Å². The summed E-state index contributed by atoms with van der Waals surface area (Å²) in [4.78, 5) is 6.66. The molecular formula is C10H22N4. The molecule has 0 aromatic rings. The molecule has 0 bridgehead atoms. The van der Waals surface area contributed by atoms with Crippen molar-refractivity contribution in [2.45, 2.75) is 39.7 Å². The van der Waals surface area contributed by atoms with Crippen LogP contribution >= 0.6 is 0 Å². The molecule has 4 heteroatoms. The molecule has 14 heavy (non-hydrogen) atoms. The summed E-state index contributed by atoms with van der Waals surface area (Å²) in [7, 11) is 0. The molecule has 1 fully saturated rings. The Bertz CT molecular complexity index is 196. The summed E-state index contributed by atoms with van der Waals surface area (Å²) < 4.78 is 0. The largest absolute Gasteiger partial charge is 0.339 e. The normalized spacial score (nSPS) is 17.4. The van der Waals surface area contributed by atoms with Crippen molar-refractivity contribution in [3.05, 3.63) is 0 Å². The Morgan fingerprint density at radius 1 is 1.57 bits per heavy atom. The number of hydrazine groups is 1. The van der Waals surface area contributed by atoms with Gasteiger partial charge in [-0.1, -0.05) is 13.8 Å². The van der Waals surface area contributed by atoms with Crippen LogP contribution in [0.1, 0.15) is 33.6 Å². The van der Waals surface area contributed by atoms with Crippen molar-refractivity contribution in [1.82, 2.24) is 10.3 Å². The molecule has 0 radical (unpaired) electrons. The maximum atomic E-state index is 5.48. The third-order valence-corrected chi connectivity index (χ3v) is 2.26. The van der Waals surface area contributed by atoms with Gasteiger partial charge in [0.05, 0.1) is 0 Å². The highest BCUT2D eigenvalue weighted by Crippen LogP contribution is 2.27. The molecule has 1 rings (SSSR count). The molecule has 0 saturated heterocycles. The lowest BCUT2D eigenvalue weighted by Crippen LogP contribution is -2.47. The number of nitrogens with one attached hydrogen (secondary N) is 1. The Labute approximate surface area is 86.5 Å². The van der Waals surface area contributed by atoms with E-state index < -0.39 is 0 Å². The first-order chi connectivity index (χ1) is 6.69. The minimum Gasteiger partial charge on any atom is -0.339 e. The van der Waals surface area contributed by atoms with E-state index in [2.05, 4.69) is 29.2 Å². The minimum atomic E-state index is 0.644. The number of nitrogens with zero attached hydrogens (tertiary/aromatic N) is 2. The van der Waals surface area contributed by atoms with Crippen molar-refractivity contribution < 1.29 is 0 Å². The summed E-state index contributed by atoms with van der Waals surface area (Å²) in [5.41, 5.74) is 2.71. The highest BCUT2D eigenvalue weighted by atomic mass is 15.4. The van der Waals surface area contributed by atoms with Crippen molar-refractivity contribution in [3.63, 3.8) is 0 Å². The zero-order chi connectivity index (χ0) is 10.6. The van der Waals surface area contributed by atoms with E-state index >= 15 is 0 Å². The van der Waals surface area contributed by atoms with Crippen LogP contribution < -0.4 is 11.3 Å². The fraction of sp³-hybridized carbons (Fsp3) is 0.900. The molecule has 1 aliphatic rings. The predicted molar refractivity (Wildman–Crippen MR) is 59.9 cm³/mol. The number of rotatable bonds is 4. The summed E-state index contributed by atoms with van der Waals surface area (Å²) in [5, 5.41) is 0. The second-order valence-corrected chi connectivity index (χ2v) is 4.22. The van der Waals surface area contributed by atoms with Crippen molar-refractivity contribution >= 4 is 5.96 Å². The number of aliphatic imine (C=N–C) groups is 1. The van der Waals surface area contributed by atoms with Gasteiger partial charge in [-0.05, 0) is 25.7 Å². The Morgan fingerprint density at radius 2 is 2.21 bits per heavy atom. The summed E-state index contributed by atoms with van der Waals surface area (Å²) in [6.45, 7) is 8.28. The van der Waals surface area contributed by atoms with Gasteiger partial charge in [0, 0.05) is 19.1 Å². The van der Waals surface area contributed by atoms with E-state index in [9.17, 15) is 0 Å². The monoisotopic (exact) mass is 198 g/mol. The summed E-state index contributed by atoms with van der Waals surface area (Å²) in [5.74, 6) is 6.97. The zero-order valence-corrected chi connectivity index (χ0v) is 9.45. The average Bonchev–Trinajstić information content (AvgIpc) is 2.93. The lowest BCUT2D eigenvalue weighted by atomic mass is 10.2. The molecular weight excluding hydrogens is 176 g/mol. The fourth-order valence-electron chi connectivity index (χ4n) is 1.56. The van der Waals surface area contributed by atoms with Crippen LogP contribution in [0.5, 0.6) is 0 Å². The topological polar surface area (TPSA) is 53.6 Å². The standard InChI is InChI=1S/C10H22N4/c1-4-12-10(13-11)14(7-8(2)3)9-5-6-9/h8-9H,4-7,11H2,1-3H3,(H,12,13). The average molecular weight is 198 g/mol. The quantitative estimate of drug-likeness (QED) is 0.306. The summed E-state index contributed by atoms with van der Waals surface area (Å²) in [6.07, 6.45) is 2.55. The number of guanidine groups is 1. The molecule has 1 saturated carbocycles. The Hall–Kier alpha value is -0.770. The van der Waals surface area contributed by atoms with Crippen molar-refractivity contribution in [2.75, 3.05) is 13.1 Å². The van der Waals surface area contributed by atoms with E-state index in [4.69, 9.17) is 5.84 Å². The number of hydrogen-bond donors (Lipinski definition) is 2. The molecule has 3 N–H and O–H groups in total. The van der Waals surface area contributed by atoms with Crippen LogP contribution in [0.4, 0.5) is 0 Å². The van der Waals surface area contributed by atoms with E-state index in [1.807, 2.05) is 6.92 Å². The fourth-order valence-corrected chi connectivity index (χ4v) is 1.56. The second-order valence-electron chi connectivity index (χ2n) is 4.22. The number of hydrogen-bond acceptors (Lipinski definition) is 2. The Kier molecular flexibility index (Phi) is 4.20. The van der Waals surface area contributed by atoms with Gasteiger partial charge in [0.1, 0.15) is 0 Å². The number of nitrogens with two attached hydrogens (primary N) is 1. The van der Waals surface area contributed by atoms with Gasteiger partial charge in [-0.3, -0.25) is 10.4 Å². The van der Waals surface area contributed by atoms with E-state index in [0.29, 0.717) is 12.0 Å². The van der Waals surface area contributed by atoms with Crippen LogP contribution in [0.3, 0.4) is 0 Å². The first kappa shape index (κ1) is 11.3. The summed E-state index contributed by atoms with van der Waals surface area (Å²) in [6, 6.07) is 0.666. The van der Waals surface area contributed by atoms with Gasteiger partial charge in [0.2, 0.25) is 5.96 Å². The Morgan fingerprint density at radius 3 is 2.57 bits per heavy atom. The van der Waals surface area contributed by atoms with Crippen molar-refractivity contribution in [2.24, 2.45) is 16.8 Å². The van der Waals surface area contributed by atoms with Gasteiger partial charge in [0.25, 0.3) is 0 Å². The van der Waals surface area contributed by atoms with Gasteiger partial charge in [-0.25, -0.2) is 5.84 Å². The van der Waals surface area contributed by atoms with Crippen molar-refractivity contribution in [1.29, 1.82) is 0 Å². The maximum Gasteiger partial charge on any atom is 0.208 e. The van der Waals surface area contributed by atoms with Crippen molar-refractivity contribution in [3.8, 4) is 0 Å². The first-order valence-corrected chi connectivity index (χ1v) is 5.46. The van der Waals surface area contributed by atoms with Crippen LogP contribution in [0.2, 0.25) is 0 Å².